The predicted molar refractivity (Wildman–Crippen MR) is 28.5 cm³/mol. The molecule has 0 bridgehead atoms. The van der Waals surface area contributed by atoms with E-state index in [-0.39, 0.29) is 116 Å². The van der Waals surface area contributed by atoms with E-state index in [0.717, 1.165) is 0 Å². The van der Waals surface area contributed by atoms with Crippen molar-refractivity contribution in [2.75, 3.05) is 0 Å². The second-order valence-corrected chi connectivity index (χ2v) is 3.08. The first-order valence-electron chi connectivity index (χ1n) is 1.57. The Hall–Kier alpha value is 4.08. The van der Waals surface area contributed by atoms with Crippen LogP contribution in [-0.4, -0.2) is 29.4 Å². The second-order valence-electron chi connectivity index (χ2n) is 1.03. The molecule has 0 saturated heterocycles. The van der Waals surface area contributed by atoms with E-state index in [0.29, 0.717) is 0 Å². The summed E-state index contributed by atoms with van der Waals surface area (Å²) >= 11 is 0. The van der Waals surface area contributed by atoms with Gasteiger partial charge in [0, 0.05) is 116 Å². The summed E-state index contributed by atoms with van der Waals surface area (Å²) in [7, 11) is -9.28. The van der Waals surface area contributed by atoms with E-state index in [1.807, 2.05) is 0 Å². The van der Waals surface area contributed by atoms with Crippen molar-refractivity contribution in [3.8, 4) is 0 Å². The number of phosphoric acid groups is 2. The van der Waals surface area contributed by atoms with Gasteiger partial charge in [0.05, 0.1) is 0 Å². The van der Waals surface area contributed by atoms with Gasteiger partial charge in [-0.15, -0.1) is 0 Å². The summed E-state index contributed by atoms with van der Waals surface area (Å²) in [6.07, 6.45) is 0. The summed E-state index contributed by atoms with van der Waals surface area (Å²) < 4.78 is 17.8. The topological polar surface area (TPSA) is 156 Å². The van der Waals surface area contributed by atoms with Crippen LogP contribution in [0.1, 0.15) is 0 Å². The number of hydrogen-bond acceptors (Lipinski definition) is 2. The smallest absolute Gasteiger partial charge is 0.303 e. The maximum absolute atomic E-state index is 8.88. The van der Waals surface area contributed by atoms with Gasteiger partial charge in [-0.3, -0.25) is 0 Å². The van der Waals surface area contributed by atoms with Gasteiger partial charge in [0.25, 0.3) is 0 Å². The Kier molecular flexibility index (Phi) is 32.9. The summed E-state index contributed by atoms with van der Waals surface area (Å²) in [5.74, 6) is 0. The van der Waals surface area contributed by atoms with Crippen LogP contribution < -0.4 is 0 Å². The Bertz CT molecular complexity index is 134. The molecule has 0 fully saturated rings. The summed E-state index contributed by atoms with van der Waals surface area (Å²) in [6, 6.07) is 0. The normalized spacial score (nSPS) is 9.08. The van der Waals surface area contributed by atoms with Crippen molar-refractivity contribution in [1.82, 2.24) is 0 Å². The van der Waals surface area contributed by atoms with Gasteiger partial charge in [-0.05, 0) is 0 Å². The molecule has 0 atom stereocenters. The second kappa shape index (κ2) is 14.1. The molecule has 0 unspecified atom stereocenters. The van der Waals surface area contributed by atoms with Crippen LogP contribution in [0.3, 0.4) is 0 Å². The molecule has 0 saturated carbocycles. The van der Waals surface area contributed by atoms with Gasteiger partial charge in [-0.1, -0.05) is 0 Å². The van der Waals surface area contributed by atoms with Crippen molar-refractivity contribution >= 4 is 15.6 Å². The third-order valence-corrected chi connectivity index (χ3v) is 0. The van der Waals surface area contributed by atoms with Crippen molar-refractivity contribution < 1.29 is 154 Å². The van der Waals surface area contributed by atoms with Gasteiger partial charge < -0.3 is 29.4 Å². The van der Waals surface area contributed by atoms with E-state index in [2.05, 4.69) is 0 Å². The first-order chi connectivity index (χ1) is 4.00. The molecule has 6 N–H and O–H groups in total. The summed E-state index contributed by atoms with van der Waals surface area (Å²) in [5, 5.41) is 0. The minimum absolute atomic E-state index is 0. The SMILES string of the molecule is O=P(O)(O)O.O=P(O)(O)O.[Ce].[La].[Tb]. The molecule has 0 aromatic rings. The molecule has 0 aliphatic heterocycles. The molecule has 0 aromatic heterocycles. The minimum Gasteiger partial charge on any atom is -0.303 e. The third-order valence-electron chi connectivity index (χ3n) is 0. The van der Waals surface area contributed by atoms with Gasteiger partial charge in [-0.25, -0.2) is 9.13 Å². The van der Waals surface area contributed by atoms with Crippen molar-refractivity contribution in [1.29, 1.82) is 0 Å². The van der Waals surface area contributed by atoms with Crippen LogP contribution in [0.4, 0.5) is 0 Å². The van der Waals surface area contributed by atoms with E-state index in [1.165, 1.54) is 0 Å². The standard InChI is InChI=1S/Ce.La.2H3O4P.Tb/c;;2*1-5(2,3)4;/h;;2*(H3,1,2,3,4);. The van der Waals surface area contributed by atoms with Crippen LogP contribution in [0.25, 0.3) is 0 Å². The Morgan fingerprint density at radius 3 is 0.692 bits per heavy atom. The third kappa shape index (κ3) is 192. The molecule has 13 heteroatoms. The zero-order valence-electron chi connectivity index (χ0n) is 5.80. The first kappa shape index (κ1) is 30.3. The molecule has 13 heavy (non-hydrogen) atoms. The molecular formula is H6CeLaO8P2Tb. The van der Waals surface area contributed by atoms with Crippen LogP contribution >= 0.6 is 15.6 Å². The molecule has 0 aromatic carbocycles. The molecule has 0 amide bonds. The van der Waals surface area contributed by atoms with Crippen LogP contribution in [0.2, 0.25) is 0 Å². The summed E-state index contributed by atoms with van der Waals surface area (Å²) in [5.41, 5.74) is 0. The van der Waals surface area contributed by atoms with Crippen LogP contribution in [0.5, 0.6) is 0 Å². The fourth-order valence-electron chi connectivity index (χ4n) is 0. The monoisotopic (exact) mass is 634 g/mol. The van der Waals surface area contributed by atoms with Crippen LogP contribution in [-0.2, 0) is 9.13 Å². The fraction of sp³-hybridized carbons (Fsp3) is 0. The summed E-state index contributed by atoms with van der Waals surface area (Å²) in [6.45, 7) is 0. The van der Waals surface area contributed by atoms with E-state index in [4.69, 9.17) is 38.5 Å². The molecule has 8 nitrogen and oxygen atoms in total. The molecule has 2 radical (unpaired) electrons. The Morgan fingerprint density at radius 1 is 0.692 bits per heavy atom. The van der Waals surface area contributed by atoms with E-state index in [9.17, 15) is 0 Å². The van der Waals surface area contributed by atoms with Gasteiger partial charge in [0.15, 0.2) is 0 Å². The van der Waals surface area contributed by atoms with Crippen LogP contribution in [0.15, 0.2) is 0 Å². The molecular weight excluding hydrogens is 628 g/mol. The van der Waals surface area contributed by atoms with Crippen molar-refractivity contribution in [3.05, 3.63) is 0 Å². The maximum atomic E-state index is 8.88. The molecule has 80 valence electrons. The zero-order chi connectivity index (χ0) is 9.00. The van der Waals surface area contributed by atoms with E-state index < -0.39 is 15.6 Å². The van der Waals surface area contributed by atoms with Gasteiger partial charge >= 0.3 is 15.6 Å². The molecule has 0 heterocycles. The Balaban J connectivity index is -0.0000000267. The van der Waals surface area contributed by atoms with Crippen molar-refractivity contribution in [2.24, 2.45) is 0 Å². The predicted octanol–water partition coefficient (Wildman–Crippen LogP) is -1.86. The van der Waals surface area contributed by atoms with Gasteiger partial charge in [0.2, 0.25) is 0 Å². The minimum atomic E-state index is -4.64. The zero-order valence-corrected chi connectivity index (χ0v) is 16.5. The molecule has 0 aliphatic carbocycles. The number of rotatable bonds is 0. The van der Waals surface area contributed by atoms with Gasteiger partial charge in [0.1, 0.15) is 0 Å². The van der Waals surface area contributed by atoms with Crippen LogP contribution in [0, 0.1) is 116 Å². The maximum Gasteiger partial charge on any atom is 0.466 e. The van der Waals surface area contributed by atoms with E-state index >= 15 is 0 Å². The summed E-state index contributed by atoms with van der Waals surface area (Å²) in [4.78, 5) is 43.1. The Labute approximate surface area is 166 Å². The average Bonchev–Trinajstić information content (AvgIpc) is 1.12. The van der Waals surface area contributed by atoms with Gasteiger partial charge in [-0.2, -0.15) is 0 Å². The number of hydrogen-bond donors (Lipinski definition) is 6. The fourth-order valence-corrected chi connectivity index (χ4v) is 0. The van der Waals surface area contributed by atoms with E-state index in [1.54, 1.807) is 0 Å². The largest absolute Gasteiger partial charge is 0.466 e. The Morgan fingerprint density at radius 2 is 0.692 bits per heavy atom. The van der Waals surface area contributed by atoms with Crippen molar-refractivity contribution in [3.63, 3.8) is 0 Å². The average molecular weight is 634 g/mol. The van der Waals surface area contributed by atoms with Crippen molar-refractivity contribution in [2.45, 2.75) is 0 Å². The molecule has 0 spiro atoms. The molecule has 0 rings (SSSR count). The first-order valence-corrected chi connectivity index (χ1v) is 4.70. The molecule has 0 aliphatic rings. The quantitative estimate of drug-likeness (QED) is 0.170.